The van der Waals surface area contributed by atoms with Crippen LogP contribution in [-0.2, 0) is 6.54 Å². The van der Waals surface area contributed by atoms with Crippen molar-refractivity contribution in [3.8, 4) is 11.4 Å². The molecule has 1 heterocycles. The van der Waals surface area contributed by atoms with Crippen molar-refractivity contribution in [1.29, 1.82) is 0 Å². The molecular formula is C25H24FN5O. The summed E-state index contributed by atoms with van der Waals surface area (Å²) in [5, 5.41) is 7.67. The highest BCUT2D eigenvalue weighted by atomic mass is 19.1. The molecule has 0 saturated carbocycles. The van der Waals surface area contributed by atoms with E-state index in [-0.39, 0.29) is 5.91 Å². The Kier molecular flexibility index (Phi) is 5.98. The molecule has 162 valence electrons. The van der Waals surface area contributed by atoms with E-state index >= 15 is 0 Å². The van der Waals surface area contributed by atoms with Crippen LogP contribution in [0.15, 0.2) is 72.8 Å². The van der Waals surface area contributed by atoms with Gasteiger partial charge >= 0.3 is 0 Å². The summed E-state index contributed by atoms with van der Waals surface area (Å²) in [6, 6.07) is 21.3. The Balaban J connectivity index is 1.64. The number of benzene rings is 3. The van der Waals surface area contributed by atoms with Crippen molar-refractivity contribution in [2.45, 2.75) is 13.5 Å². The number of aromatic nitrogens is 3. The Morgan fingerprint density at radius 3 is 2.25 bits per heavy atom. The van der Waals surface area contributed by atoms with Gasteiger partial charge < -0.3 is 10.2 Å². The van der Waals surface area contributed by atoms with Gasteiger partial charge in [-0.3, -0.25) is 4.79 Å². The van der Waals surface area contributed by atoms with Gasteiger partial charge in [0.15, 0.2) is 5.82 Å². The Hall–Kier alpha value is -4.00. The molecule has 1 N–H and O–H groups in total. The maximum atomic E-state index is 13.3. The zero-order valence-electron chi connectivity index (χ0n) is 18.2. The third-order valence-electron chi connectivity index (χ3n) is 5.10. The minimum absolute atomic E-state index is 0.324. The van der Waals surface area contributed by atoms with E-state index in [0.29, 0.717) is 23.9 Å². The van der Waals surface area contributed by atoms with E-state index in [4.69, 9.17) is 0 Å². The van der Waals surface area contributed by atoms with E-state index in [1.807, 2.05) is 74.4 Å². The van der Waals surface area contributed by atoms with Crippen LogP contribution in [0.5, 0.6) is 0 Å². The minimum atomic E-state index is -0.403. The summed E-state index contributed by atoms with van der Waals surface area (Å²) in [7, 11) is 3.98. The van der Waals surface area contributed by atoms with Crippen LogP contribution in [-0.4, -0.2) is 34.8 Å². The molecule has 1 aromatic heterocycles. The molecular weight excluding hydrogens is 405 g/mol. The number of aryl methyl sites for hydroxylation is 1. The predicted octanol–water partition coefficient (Wildman–Crippen LogP) is 4.76. The molecule has 0 amide bonds. The van der Waals surface area contributed by atoms with Gasteiger partial charge in [0.25, 0.3) is 5.91 Å². The largest absolute Gasteiger partial charge is 0.378 e. The Morgan fingerprint density at radius 1 is 0.969 bits per heavy atom. The zero-order chi connectivity index (χ0) is 22.7. The van der Waals surface area contributed by atoms with E-state index < -0.39 is 5.82 Å². The standard InChI is InChI=1S/C25H24FN5O/c1-17-4-8-19(9-5-17)23-28-25(27-16-18-6-14-22(15-7-18)30(2)3)31(29-23)24(32)20-10-12-21(26)13-11-20/h4-15H,16H2,1-3H3,(H,27,28,29). The first kappa shape index (κ1) is 21.2. The number of hydrogen-bond donors (Lipinski definition) is 1. The molecule has 3 aromatic carbocycles. The maximum absolute atomic E-state index is 13.3. The van der Waals surface area contributed by atoms with Gasteiger partial charge in [0.05, 0.1) is 0 Å². The van der Waals surface area contributed by atoms with Gasteiger partial charge in [0.1, 0.15) is 5.82 Å². The first-order valence-electron chi connectivity index (χ1n) is 10.3. The molecule has 0 atom stereocenters. The molecule has 0 aliphatic carbocycles. The Bertz CT molecular complexity index is 1210. The van der Waals surface area contributed by atoms with Crippen LogP contribution in [0.1, 0.15) is 21.5 Å². The number of nitrogens with zero attached hydrogens (tertiary/aromatic N) is 4. The van der Waals surface area contributed by atoms with E-state index in [9.17, 15) is 9.18 Å². The fraction of sp³-hybridized carbons (Fsp3) is 0.160. The van der Waals surface area contributed by atoms with E-state index in [2.05, 4.69) is 15.4 Å². The molecule has 32 heavy (non-hydrogen) atoms. The van der Waals surface area contributed by atoms with Gasteiger partial charge in [-0.05, 0) is 48.9 Å². The summed E-state index contributed by atoms with van der Waals surface area (Å²) in [5.74, 6) is -0.0289. The van der Waals surface area contributed by atoms with Gasteiger partial charge in [-0.15, -0.1) is 5.10 Å². The number of anilines is 2. The van der Waals surface area contributed by atoms with Crippen molar-refractivity contribution in [1.82, 2.24) is 14.8 Å². The van der Waals surface area contributed by atoms with Gasteiger partial charge in [-0.2, -0.15) is 9.67 Å². The number of rotatable bonds is 6. The second-order valence-corrected chi connectivity index (χ2v) is 7.76. The van der Waals surface area contributed by atoms with Crippen molar-refractivity contribution in [2.24, 2.45) is 0 Å². The van der Waals surface area contributed by atoms with Crippen LogP contribution in [0.2, 0.25) is 0 Å². The minimum Gasteiger partial charge on any atom is -0.378 e. The second kappa shape index (κ2) is 9.01. The first-order valence-corrected chi connectivity index (χ1v) is 10.3. The van der Waals surface area contributed by atoms with Crippen LogP contribution in [0.25, 0.3) is 11.4 Å². The van der Waals surface area contributed by atoms with Crippen LogP contribution >= 0.6 is 0 Å². The van der Waals surface area contributed by atoms with Crippen LogP contribution in [0.4, 0.5) is 16.0 Å². The Morgan fingerprint density at radius 2 is 1.62 bits per heavy atom. The average molecular weight is 429 g/mol. The number of carbonyl (C=O) groups excluding carboxylic acids is 1. The number of hydrogen-bond acceptors (Lipinski definition) is 5. The average Bonchev–Trinajstić information content (AvgIpc) is 3.22. The topological polar surface area (TPSA) is 63.1 Å². The fourth-order valence-corrected chi connectivity index (χ4v) is 3.20. The van der Waals surface area contributed by atoms with E-state index in [0.717, 1.165) is 22.4 Å². The highest BCUT2D eigenvalue weighted by molar-refractivity contribution is 5.97. The summed E-state index contributed by atoms with van der Waals surface area (Å²) in [4.78, 5) is 19.7. The van der Waals surface area contributed by atoms with Gasteiger partial charge in [-0.25, -0.2) is 4.39 Å². The molecule has 0 fully saturated rings. The molecule has 4 aromatic rings. The van der Waals surface area contributed by atoms with Crippen molar-refractivity contribution < 1.29 is 9.18 Å². The molecule has 6 nitrogen and oxygen atoms in total. The van der Waals surface area contributed by atoms with Crippen molar-refractivity contribution in [3.63, 3.8) is 0 Å². The van der Waals surface area contributed by atoms with Crippen LogP contribution in [0, 0.1) is 12.7 Å². The molecule has 0 spiro atoms. The molecule has 4 rings (SSSR count). The molecule has 0 bridgehead atoms. The normalized spacial score (nSPS) is 10.8. The van der Waals surface area contributed by atoms with Crippen molar-refractivity contribution in [3.05, 3.63) is 95.3 Å². The maximum Gasteiger partial charge on any atom is 0.281 e. The summed E-state index contributed by atoms with van der Waals surface area (Å²) < 4.78 is 14.5. The summed E-state index contributed by atoms with van der Waals surface area (Å²) >= 11 is 0. The highest BCUT2D eigenvalue weighted by Crippen LogP contribution is 2.21. The summed E-state index contributed by atoms with van der Waals surface area (Å²) in [6.45, 7) is 2.47. The van der Waals surface area contributed by atoms with Gasteiger partial charge in [0.2, 0.25) is 5.95 Å². The molecule has 7 heteroatoms. The van der Waals surface area contributed by atoms with E-state index in [1.54, 1.807) is 0 Å². The molecule has 0 saturated heterocycles. The van der Waals surface area contributed by atoms with Gasteiger partial charge in [-0.1, -0.05) is 42.0 Å². The summed E-state index contributed by atoms with van der Waals surface area (Å²) in [6.07, 6.45) is 0. The zero-order valence-corrected chi connectivity index (χ0v) is 18.2. The van der Waals surface area contributed by atoms with Crippen molar-refractivity contribution in [2.75, 3.05) is 24.3 Å². The lowest BCUT2D eigenvalue weighted by Gasteiger charge is -2.13. The van der Waals surface area contributed by atoms with Crippen LogP contribution < -0.4 is 10.2 Å². The summed E-state index contributed by atoms with van der Waals surface area (Å²) in [5.41, 5.74) is 4.39. The molecule has 0 aliphatic rings. The van der Waals surface area contributed by atoms with Crippen LogP contribution in [0.3, 0.4) is 0 Å². The smallest absolute Gasteiger partial charge is 0.281 e. The molecule has 0 unspecified atom stereocenters. The first-order chi connectivity index (χ1) is 15.4. The van der Waals surface area contributed by atoms with Crippen molar-refractivity contribution >= 4 is 17.5 Å². The lowest BCUT2D eigenvalue weighted by Crippen LogP contribution is -2.17. The monoisotopic (exact) mass is 429 g/mol. The molecule has 0 radical (unpaired) electrons. The van der Waals surface area contributed by atoms with E-state index in [1.165, 1.54) is 28.9 Å². The number of carbonyl (C=O) groups is 1. The van der Waals surface area contributed by atoms with Gasteiger partial charge in [0, 0.05) is 37.5 Å². The quantitative estimate of drug-likeness (QED) is 0.479. The lowest BCUT2D eigenvalue weighted by atomic mass is 10.1. The number of nitrogens with one attached hydrogen (secondary N) is 1. The Labute approximate surface area is 186 Å². The number of halogens is 1. The fourth-order valence-electron chi connectivity index (χ4n) is 3.20. The predicted molar refractivity (Wildman–Crippen MR) is 124 cm³/mol. The lowest BCUT2D eigenvalue weighted by molar-refractivity contribution is 0.0947. The second-order valence-electron chi connectivity index (χ2n) is 7.76. The molecule has 0 aliphatic heterocycles. The third kappa shape index (κ3) is 4.67. The SMILES string of the molecule is Cc1ccc(-c2nc(NCc3ccc(N(C)C)cc3)n(C(=O)c3ccc(F)cc3)n2)cc1. The highest BCUT2D eigenvalue weighted by Gasteiger charge is 2.19. The third-order valence-corrected chi connectivity index (χ3v) is 5.10.